The first-order chi connectivity index (χ1) is 10.1. The van der Waals surface area contributed by atoms with Gasteiger partial charge in [-0.15, -0.1) is 0 Å². The highest BCUT2D eigenvalue weighted by Crippen LogP contribution is 2.21. The molecule has 0 spiro atoms. The van der Waals surface area contributed by atoms with E-state index in [0.29, 0.717) is 10.8 Å². The van der Waals surface area contributed by atoms with Gasteiger partial charge in [0.15, 0.2) is 6.61 Å². The minimum absolute atomic E-state index is 0.0348. The molecule has 2 N–H and O–H groups in total. The van der Waals surface area contributed by atoms with Crippen LogP contribution in [-0.4, -0.2) is 23.6 Å². The van der Waals surface area contributed by atoms with E-state index in [2.05, 4.69) is 5.32 Å². The molecule has 21 heavy (non-hydrogen) atoms. The van der Waals surface area contributed by atoms with Crippen LogP contribution < -0.4 is 10.1 Å². The Hall–Kier alpha value is -2.53. The first-order valence-corrected chi connectivity index (χ1v) is 6.44. The number of nitrogens with one attached hydrogen (secondary N) is 1. The van der Waals surface area contributed by atoms with E-state index in [1.807, 2.05) is 6.07 Å². The van der Waals surface area contributed by atoms with E-state index >= 15 is 0 Å². The molecule has 5 nitrogen and oxygen atoms in total. The van der Waals surface area contributed by atoms with Crippen LogP contribution in [0.2, 0.25) is 5.02 Å². The zero-order chi connectivity index (χ0) is 15.2. The highest BCUT2D eigenvalue weighted by atomic mass is 35.5. The number of para-hydroxylation sites is 1. The Kier molecular flexibility index (Phi) is 4.79. The van der Waals surface area contributed by atoms with Gasteiger partial charge in [0.05, 0.1) is 11.3 Å². The minimum Gasteiger partial charge on any atom is -0.484 e. The Morgan fingerprint density at radius 3 is 2.52 bits per heavy atom. The number of benzene rings is 2. The number of hydrogen-bond donors (Lipinski definition) is 2. The van der Waals surface area contributed by atoms with E-state index in [9.17, 15) is 9.59 Å². The highest BCUT2D eigenvalue weighted by Gasteiger charge is 2.13. The van der Waals surface area contributed by atoms with Gasteiger partial charge in [-0.1, -0.05) is 29.8 Å². The molecule has 0 aliphatic heterocycles. The van der Waals surface area contributed by atoms with Gasteiger partial charge >= 0.3 is 5.97 Å². The van der Waals surface area contributed by atoms with Crippen molar-refractivity contribution >= 4 is 29.2 Å². The number of aromatic carboxylic acids is 1. The number of rotatable bonds is 5. The maximum Gasteiger partial charge on any atom is 0.337 e. The van der Waals surface area contributed by atoms with Crippen LogP contribution in [0.3, 0.4) is 0 Å². The van der Waals surface area contributed by atoms with Crippen LogP contribution in [0.5, 0.6) is 5.75 Å². The predicted octanol–water partition coefficient (Wildman–Crippen LogP) is 3.06. The first kappa shape index (κ1) is 14.9. The fraction of sp³-hybridized carbons (Fsp3) is 0.0667. The largest absolute Gasteiger partial charge is 0.484 e. The van der Waals surface area contributed by atoms with Gasteiger partial charge in [0, 0.05) is 5.02 Å². The SMILES string of the molecule is O=C(COc1ccccc1)Nc1cc(Cl)ccc1C(=O)O. The molecule has 0 unspecified atom stereocenters. The van der Waals surface area contributed by atoms with Gasteiger partial charge in [-0.05, 0) is 30.3 Å². The maximum absolute atomic E-state index is 11.8. The fourth-order valence-corrected chi connectivity index (χ4v) is 1.83. The molecular formula is C15H12ClNO4. The van der Waals surface area contributed by atoms with Crippen molar-refractivity contribution in [2.45, 2.75) is 0 Å². The van der Waals surface area contributed by atoms with Crippen LogP contribution in [0, 0.1) is 0 Å². The average molecular weight is 306 g/mol. The molecule has 0 fully saturated rings. The van der Waals surface area contributed by atoms with E-state index in [-0.39, 0.29) is 17.9 Å². The molecule has 0 aromatic heterocycles. The van der Waals surface area contributed by atoms with Crippen molar-refractivity contribution in [3.8, 4) is 5.75 Å². The summed E-state index contributed by atoms with van der Waals surface area (Å²) >= 11 is 5.80. The lowest BCUT2D eigenvalue weighted by Crippen LogP contribution is -2.21. The van der Waals surface area contributed by atoms with Crippen LogP contribution in [0.4, 0.5) is 5.69 Å². The monoisotopic (exact) mass is 305 g/mol. The summed E-state index contributed by atoms with van der Waals surface area (Å²) in [6.45, 7) is -0.227. The molecule has 108 valence electrons. The second-order valence-electron chi connectivity index (χ2n) is 4.14. The Morgan fingerprint density at radius 1 is 1.14 bits per heavy atom. The molecule has 0 aliphatic rings. The van der Waals surface area contributed by atoms with Crippen molar-refractivity contribution in [2.24, 2.45) is 0 Å². The van der Waals surface area contributed by atoms with Gasteiger partial charge in [0.1, 0.15) is 5.75 Å². The number of carbonyl (C=O) groups excluding carboxylic acids is 1. The Balaban J connectivity index is 2.02. The Morgan fingerprint density at radius 2 is 1.86 bits per heavy atom. The van der Waals surface area contributed by atoms with Gasteiger partial charge < -0.3 is 15.2 Å². The van der Waals surface area contributed by atoms with Crippen molar-refractivity contribution in [2.75, 3.05) is 11.9 Å². The topological polar surface area (TPSA) is 75.6 Å². The van der Waals surface area contributed by atoms with E-state index < -0.39 is 11.9 Å². The standard InChI is InChI=1S/C15H12ClNO4/c16-10-6-7-12(15(19)20)13(8-10)17-14(18)9-21-11-4-2-1-3-5-11/h1-8H,9H2,(H,17,18)(H,19,20). The zero-order valence-electron chi connectivity index (χ0n) is 10.9. The predicted molar refractivity (Wildman–Crippen MR) is 79.0 cm³/mol. The number of carboxylic acid groups (broad SMARTS) is 1. The highest BCUT2D eigenvalue weighted by molar-refractivity contribution is 6.31. The molecule has 2 aromatic rings. The Bertz CT molecular complexity index is 658. The molecule has 0 saturated carbocycles. The van der Waals surface area contributed by atoms with E-state index in [4.69, 9.17) is 21.4 Å². The normalized spacial score (nSPS) is 9.95. The summed E-state index contributed by atoms with van der Waals surface area (Å²) in [5, 5.41) is 11.9. The number of carboxylic acids is 1. The van der Waals surface area contributed by atoms with E-state index in [1.54, 1.807) is 24.3 Å². The molecule has 0 radical (unpaired) electrons. The first-order valence-electron chi connectivity index (χ1n) is 6.07. The lowest BCUT2D eigenvalue weighted by atomic mass is 10.2. The van der Waals surface area contributed by atoms with Crippen molar-refractivity contribution in [3.63, 3.8) is 0 Å². The second-order valence-corrected chi connectivity index (χ2v) is 4.58. The van der Waals surface area contributed by atoms with Crippen LogP contribution in [0.1, 0.15) is 10.4 Å². The smallest absolute Gasteiger partial charge is 0.337 e. The summed E-state index contributed by atoms with van der Waals surface area (Å²) in [6, 6.07) is 13.0. The van der Waals surface area contributed by atoms with Crippen molar-refractivity contribution in [1.29, 1.82) is 0 Å². The molecule has 0 aliphatic carbocycles. The van der Waals surface area contributed by atoms with E-state index in [0.717, 1.165) is 0 Å². The number of hydrogen-bond acceptors (Lipinski definition) is 3. The average Bonchev–Trinajstić information content (AvgIpc) is 2.46. The zero-order valence-corrected chi connectivity index (χ0v) is 11.6. The van der Waals surface area contributed by atoms with Gasteiger partial charge in [-0.3, -0.25) is 4.79 Å². The molecule has 0 heterocycles. The number of ether oxygens (including phenoxy) is 1. The Labute approximate surface area is 126 Å². The molecular weight excluding hydrogens is 294 g/mol. The maximum atomic E-state index is 11.8. The summed E-state index contributed by atoms with van der Waals surface area (Å²) in [5.74, 6) is -1.06. The van der Waals surface area contributed by atoms with Crippen molar-refractivity contribution in [3.05, 3.63) is 59.1 Å². The van der Waals surface area contributed by atoms with Crippen LogP contribution in [-0.2, 0) is 4.79 Å². The summed E-state index contributed by atoms with van der Waals surface area (Å²) in [7, 11) is 0. The molecule has 0 saturated heterocycles. The third-order valence-corrected chi connectivity index (χ3v) is 2.83. The molecule has 2 aromatic carbocycles. The fourth-order valence-electron chi connectivity index (χ4n) is 1.66. The van der Waals surface area contributed by atoms with Crippen molar-refractivity contribution < 1.29 is 19.4 Å². The quantitative estimate of drug-likeness (QED) is 0.890. The van der Waals surface area contributed by atoms with Gasteiger partial charge in [-0.25, -0.2) is 4.79 Å². The minimum atomic E-state index is -1.15. The molecule has 6 heteroatoms. The van der Waals surface area contributed by atoms with Gasteiger partial charge in [-0.2, -0.15) is 0 Å². The van der Waals surface area contributed by atoms with Crippen molar-refractivity contribution in [1.82, 2.24) is 0 Å². The summed E-state index contributed by atoms with van der Waals surface area (Å²) < 4.78 is 5.28. The van der Waals surface area contributed by atoms with Crippen LogP contribution in [0.15, 0.2) is 48.5 Å². The van der Waals surface area contributed by atoms with Crippen LogP contribution >= 0.6 is 11.6 Å². The lowest BCUT2D eigenvalue weighted by Gasteiger charge is -2.10. The third-order valence-electron chi connectivity index (χ3n) is 2.60. The third kappa shape index (κ3) is 4.22. The molecule has 1 amide bonds. The number of amides is 1. The second kappa shape index (κ2) is 6.76. The summed E-state index contributed by atoms with van der Waals surface area (Å²) in [5.41, 5.74) is 0.101. The molecule has 0 atom stereocenters. The lowest BCUT2D eigenvalue weighted by molar-refractivity contribution is -0.118. The number of carbonyl (C=O) groups is 2. The molecule has 0 bridgehead atoms. The number of anilines is 1. The number of halogens is 1. The summed E-state index contributed by atoms with van der Waals surface area (Å²) in [4.78, 5) is 22.9. The van der Waals surface area contributed by atoms with Crippen LogP contribution in [0.25, 0.3) is 0 Å². The van der Waals surface area contributed by atoms with Gasteiger partial charge in [0.25, 0.3) is 5.91 Å². The molecule has 2 rings (SSSR count). The van der Waals surface area contributed by atoms with E-state index in [1.165, 1.54) is 18.2 Å². The summed E-state index contributed by atoms with van der Waals surface area (Å²) in [6.07, 6.45) is 0. The van der Waals surface area contributed by atoms with Gasteiger partial charge in [0.2, 0.25) is 0 Å².